The van der Waals surface area contributed by atoms with E-state index in [1.165, 1.54) is 0 Å². The lowest BCUT2D eigenvalue weighted by Crippen LogP contribution is -2.14. The van der Waals surface area contributed by atoms with Gasteiger partial charge < -0.3 is 10.1 Å². The van der Waals surface area contributed by atoms with Crippen LogP contribution in [0.25, 0.3) is 0 Å². The standard InChI is InChI=1S/C11H19N3O/c1-5-10-13-7-9(6-12-4)11(14-10)15-8(2)3/h7-8,12H,5-6H2,1-4H3. The van der Waals surface area contributed by atoms with E-state index in [9.17, 15) is 0 Å². The average Bonchev–Trinajstić information content (AvgIpc) is 2.20. The van der Waals surface area contributed by atoms with E-state index in [1.807, 2.05) is 34.0 Å². The van der Waals surface area contributed by atoms with E-state index in [0.717, 1.165) is 24.4 Å². The quantitative estimate of drug-likeness (QED) is 0.799. The Morgan fingerprint density at radius 3 is 2.73 bits per heavy atom. The molecule has 0 unspecified atom stereocenters. The Labute approximate surface area is 91.1 Å². The Hall–Kier alpha value is -1.16. The van der Waals surface area contributed by atoms with Crippen molar-refractivity contribution < 1.29 is 4.74 Å². The second-order valence-electron chi connectivity index (χ2n) is 3.67. The summed E-state index contributed by atoms with van der Waals surface area (Å²) in [5, 5.41) is 3.08. The van der Waals surface area contributed by atoms with Crippen LogP contribution in [0.5, 0.6) is 5.88 Å². The molecule has 0 spiro atoms. The first kappa shape index (κ1) is 11.9. The van der Waals surface area contributed by atoms with Crippen molar-refractivity contribution >= 4 is 0 Å². The number of hydrogen-bond acceptors (Lipinski definition) is 4. The molecule has 0 fully saturated rings. The molecule has 1 heterocycles. The smallest absolute Gasteiger partial charge is 0.221 e. The van der Waals surface area contributed by atoms with Crippen molar-refractivity contribution in [1.82, 2.24) is 15.3 Å². The normalized spacial score (nSPS) is 10.7. The molecule has 84 valence electrons. The summed E-state index contributed by atoms with van der Waals surface area (Å²) in [7, 11) is 1.90. The van der Waals surface area contributed by atoms with Gasteiger partial charge in [-0.3, -0.25) is 0 Å². The molecule has 4 heteroatoms. The lowest BCUT2D eigenvalue weighted by Gasteiger charge is -2.13. The molecule has 0 atom stereocenters. The van der Waals surface area contributed by atoms with Gasteiger partial charge in [0, 0.05) is 24.7 Å². The summed E-state index contributed by atoms with van der Waals surface area (Å²) in [4.78, 5) is 8.63. The maximum Gasteiger partial charge on any atom is 0.221 e. The molecule has 4 nitrogen and oxygen atoms in total. The molecule has 0 aliphatic heterocycles. The summed E-state index contributed by atoms with van der Waals surface area (Å²) >= 11 is 0. The Bertz CT molecular complexity index is 313. The van der Waals surface area contributed by atoms with Gasteiger partial charge in [-0.15, -0.1) is 0 Å². The molecule has 1 N–H and O–H groups in total. The van der Waals surface area contributed by atoms with E-state index in [0.29, 0.717) is 5.88 Å². The third kappa shape index (κ3) is 3.47. The predicted molar refractivity (Wildman–Crippen MR) is 59.9 cm³/mol. The minimum atomic E-state index is 0.139. The van der Waals surface area contributed by atoms with Crippen LogP contribution in [-0.2, 0) is 13.0 Å². The number of aryl methyl sites for hydroxylation is 1. The average molecular weight is 209 g/mol. The van der Waals surface area contributed by atoms with E-state index >= 15 is 0 Å². The van der Waals surface area contributed by atoms with Crippen LogP contribution in [0.3, 0.4) is 0 Å². The molecule has 1 rings (SSSR count). The first-order valence-electron chi connectivity index (χ1n) is 5.33. The number of nitrogens with one attached hydrogen (secondary N) is 1. The van der Waals surface area contributed by atoms with Gasteiger partial charge in [-0.2, -0.15) is 4.98 Å². The maximum atomic E-state index is 5.65. The molecular formula is C11H19N3O. The third-order valence-corrected chi connectivity index (χ3v) is 1.91. The monoisotopic (exact) mass is 209 g/mol. The van der Waals surface area contributed by atoms with Gasteiger partial charge in [0.2, 0.25) is 5.88 Å². The topological polar surface area (TPSA) is 47.0 Å². The molecule has 0 saturated carbocycles. The molecule has 1 aromatic heterocycles. The van der Waals surface area contributed by atoms with Crippen molar-refractivity contribution in [3.05, 3.63) is 17.6 Å². The number of hydrogen-bond donors (Lipinski definition) is 1. The van der Waals surface area contributed by atoms with Crippen molar-refractivity contribution in [3.63, 3.8) is 0 Å². The van der Waals surface area contributed by atoms with Crippen LogP contribution in [-0.4, -0.2) is 23.1 Å². The van der Waals surface area contributed by atoms with Crippen LogP contribution in [0, 0.1) is 0 Å². The maximum absolute atomic E-state index is 5.65. The van der Waals surface area contributed by atoms with Gasteiger partial charge in [-0.25, -0.2) is 4.98 Å². The van der Waals surface area contributed by atoms with Gasteiger partial charge in [0.05, 0.1) is 6.10 Å². The number of nitrogens with zero attached hydrogens (tertiary/aromatic N) is 2. The van der Waals surface area contributed by atoms with E-state index < -0.39 is 0 Å². The van der Waals surface area contributed by atoms with Gasteiger partial charge in [0.15, 0.2) is 0 Å². The van der Waals surface area contributed by atoms with Gasteiger partial charge in [-0.1, -0.05) is 6.92 Å². The lowest BCUT2D eigenvalue weighted by atomic mass is 10.3. The van der Waals surface area contributed by atoms with Crippen LogP contribution in [0.1, 0.15) is 32.2 Å². The van der Waals surface area contributed by atoms with Crippen molar-refractivity contribution in [2.45, 2.75) is 39.8 Å². The van der Waals surface area contributed by atoms with Gasteiger partial charge in [-0.05, 0) is 20.9 Å². The second kappa shape index (κ2) is 5.66. The molecule has 0 aromatic carbocycles. The summed E-state index contributed by atoms with van der Waals surface area (Å²) in [6, 6.07) is 0. The van der Waals surface area contributed by atoms with Crippen molar-refractivity contribution in [1.29, 1.82) is 0 Å². The van der Waals surface area contributed by atoms with Gasteiger partial charge in [0.1, 0.15) is 5.82 Å². The van der Waals surface area contributed by atoms with Crippen molar-refractivity contribution in [3.8, 4) is 5.88 Å². The summed E-state index contributed by atoms with van der Waals surface area (Å²) in [5.41, 5.74) is 1.00. The highest BCUT2D eigenvalue weighted by Gasteiger charge is 2.08. The third-order valence-electron chi connectivity index (χ3n) is 1.91. The number of rotatable bonds is 5. The minimum absolute atomic E-state index is 0.139. The molecule has 0 bridgehead atoms. The lowest BCUT2D eigenvalue weighted by molar-refractivity contribution is 0.228. The largest absolute Gasteiger partial charge is 0.475 e. The van der Waals surface area contributed by atoms with Crippen LogP contribution in [0.4, 0.5) is 0 Å². The molecule has 0 aliphatic carbocycles. The highest BCUT2D eigenvalue weighted by molar-refractivity contribution is 5.23. The van der Waals surface area contributed by atoms with Crippen molar-refractivity contribution in [2.75, 3.05) is 7.05 Å². The number of aromatic nitrogens is 2. The molecule has 15 heavy (non-hydrogen) atoms. The summed E-state index contributed by atoms with van der Waals surface area (Å²) in [5.74, 6) is 1.52. The van der Waals surface area contributed by atoms with E-state index in [2.05, 4.69) is 15.3 Å². The van der Waals surface area contributed by atoms with Crippen LogP contribution in [0.15, 0.2) is 6.20 Å². The highest BCUT2D eigenvalue weighted by atomic mass is 16.5. The fraction of sp³-hybridized carbons (Fsp3) is 0.636. The number of ether oxygens (including phenoxy) is 1. The zero-order chi connectivity index (χ0) is 11.3. The SMILES string of the molecule is CCc1ncc(CNC)c(OC(C)C)n1. The first-order chi connectivity index (χ1) is 7.17. The molecular weight excluding hydrogens is 190 g/mol. The van der Waals surface area contributed by atoms with Gasteiger partial charge in [0.25, 0.3) is 0 Å². The first-order valence-corrected chi connectivity index (χ1v) is 5.33. The molecule has 0 aliphatic rings. The predicted octanol–water partition coefficient (Wildman–Crippen LogP) is 1.55. The highest BCUT2D eigenvalue weighted by Crippen LogP contribution is 2.16. The van der Waals surface area contributed by atoms with E-state index in [-0.39, 0.29) is 6.10 Å². The van der Waals surface area contributed by atoms with Crippen LogP contribution < -0.4 is 10.1 Å². The van der Waals surface area contributed by atoms with Crippen molar-refractivity contribution in [2.24, 2.45) is 0 Å². The minimum Gasteiger partial charge on any atom is -0.475 e. The Balaban J connectivity index is 2.93. The zero-order valence-corrected chi connectivity index (χ0v) is 9.87. The molecule has 0 saturated heterocycles. The molecule has 0 amide bonds. The fourth-order valence-corrected chi connectivity index (χ4v) is 1.23. The Morgan fingerprint density at radius 2 is 2.20 bits per heavy atom. The Kier molecular flexibility index (Phi) is 4.49. The summed E-state index contributed by atoms with van der Waals surface area (Å²) in [6.45, 7) is 6.76. The molecule has 1 aromatic rings. The summed E-state index contributed by atoms with van der Waals surface area (Å²) in [6.07, 6.45) is 2.80. The zero-order valence-electron chi connectivity index (χ0n) is 9.87. The Morgan fingerprint density at radius 1 is 1.47 bits per heavy atom. The van der Waals surface area contributed by atoms with Crippen LogP contribution in [0.2, 0.25) is 0 Å². The fourth-order valence-electron chi connectivity index (χ4n) is 1.23. The van der Waals surface area contributed by atoms with E-state index in [4.69, 9.17) is 4.74 Å². The van der Waals surface area contributed by atoms with E-state index in [1.54, 1.807) is 0 Å². The second-order valence-corrected chi connectivity index (χ2v) is 3.67. The van der Waals surface area contributed by atoms with Crippen LogP contribution >= 0.6 is 0 Å². The molecule has 0 radical (unpaired) electrons. The van der Waals surface area contributed by atoms with Gasteiger partial charge >= 0.3 is 0 Å². The summed E-state index contributed by atoms with van der Waals surface area (Å²) < 4.78 is 5.65.